The van der Waals surface area contributed by atoms with Crippen LogP contribution in [-0.4, -0.2) is 50.0 Å². The number of ether oxygens (including phenoxy) is 3. The molecule has 1 aliphatic carbocycles. The molecule has 7 heteroatoms. The second-order valence-corrected chi connectivity index (χ2v) is 8.94. The van der Waals surface area contributed by atoms with Gasteiger partial charge in [-0.15, -0.1) is 0 Å². The van der Waals surface area contributed by atoms with E-state index in [1.807, 2.05) is 36.4 Å². The Kier molecular flexibility index (Phi) is 6.83. The van der Waals surface area contributed by atoms with Gasteiger partial charge in [-0.25, -0.2) is 0 Å². The molecule has 1 fully saturated rings. The molecule has 2 aliphatic rings. The van der Waals surface area contributed by atoms with Crippen LogP contribution in [0.25, 0.3) is 10.8 Å². The summed E-state index contributed by atoms with van der Waals surface area (Å²) in [6, 6.07) is 17.5. The van der Waals surface area contributed by atoms with E-state index in [2.05, 4.69) is 16.7 Å². The van der Waals surface area contributed by atoms with Crippen molar-refractivity contribution >= 4 is 16.7 Å². The van der Waals surface area contributed by atoms with E-state index in [-0.39, 0.29) is 12.5 Å². The standard InChI is InChI=1S/C27H30N2O5/c30-22(15-28-9-10-32-23-7-8-26-21(13-23)14-29-27(26)31)17-34-25-6-4-19-11-24(5-3-20(19)12-25)33-16-18-1-2-18/h3-8,11-13,18,22,28,30H,1-2,9-10,14-17H2,(H,29,31)/t22-/m0/s1. The number of fused-ring (bicyclic) bond motifs is 2. The molecule has 1 heterocycles. The summed E-state index contributed by atoms with van der Waals surface area (Å²) in [7, 11) is 0. The fraction of sp³-hybridized carbons (Fsp3) is 0.370. The van der Waals surface area contributed by atoms with E-state index in [1.165, 1.54) is 12.8 Å². The van der Waals surface area contributed by atoms with Gasteiger partial charge in [-0.1, -0.05) is 12.1 Å². The van der Waals surface area contributed by atoms with Crippen molar-refractivity contribution in [3.8, 4) is 17.2 Å². The summed E-state index contributed by atoms with van der Waals surface area (Å²) < 4.78 is 17.4. The van der Waals surface area contributed by atoms with Gasteiger partial charge in [-0.05, 0) is 77.6 Å². The van der Waals surface area contributed by atoms with Crippen molar-refractivity contribution in [2.75, 3.05) is 32.9 Å². The minimum Gasteiger partial charge on any atom is -0.493 e. The maximum absolute atomic E-state index is 11.6. The van der Waals surface area contributed by atoms with Gasteiger partial charge in [-0.2, -0.15) is 0 Å². The summed E-state index contributed by atoms with van der Waals surface area (Å²) in [5, 5.41) is 18.4. The summed E-state index contributed by atoms with van der Waals surface area (Å²) in [6.45, 7) is 3.01. The molecule has 178 valence electrons. The first-order chi connectivity index (χ1) is 16.6. The Labute approximate surface area is 199 Å². The largest absolute Gasteiger partial charge is 0.493 e. The van der Waals surface area contributed by atoms with Crippen LogP contribution in [0.4, 0.5) is 0 Å². The van der Waals surface area contributed by atoms with E-state index >= 15 is 0 Å². The molecule has 3 N–H and O–H groups in total. The molecule has 0 radical (unpaired) electrons. The predicted molar refractivity (Wildman–Crippen MR) is 130 cm³/mol. The van der Waals surface area contributed by atoms with Crippen LogP contribution in [0, 0.1) is 5.92 Å². The maximum atomic E-state index is 11.6. The monoisotopic (exact) mass is 462 g/mol. The molecule has 3 aromatic carbocycles. The Morgan fingerprint density at radius 2 is 1.65 bits per heavy atom. The van der Waals surface area contributed by atoms with Crippen LogP contribution in [0.1, 0.15) is 28.8 Å². The highest BCUT2D eigenvalue weighted by Crippen LogP contribution is 2.31. The topological polar surface area (TPSA) is 89.1 Å². The molecule has 0 unspecified atom stereocenters. The van der Waals surface area contributed by atoms with Gasteiger partial charge in [0.1, 0.15) is 36.6 Å². The minimum absolute atomic E-state index is 0.0361. The number of aliphatic hydroxyl groups is 1. The van der Waals surface area contributed by atoms with E-state index in [0.29, 0.717) is 31.8 Å². The lowest BCUT2D eigenvalue weighted by Gasteiger charge is -2.14. The Morgan fingerprint density at radius 1 is 0.941 bits per heavy atom. The van der Waals surface area contributed by atoms with Gasteiger partial charge in [0.2, 0.25) is 0 Å². The average molecular weight is 463 g/mol. The zero-order valence-electron chi connectivity index (χ0n) is 19.1. The van der Waals surface area contributed by atoms with Crippen molar-refractivity contribution in [1.29, 1.82) is 0 Å². The zero-order chi connectivity index (χ0) is 23.3. The van der Waals surface area contributed by atoms with Gasteiger partial charge in [0.25, 0.3) is 5.91 Å². The smallest absolute Gasteiger partial charge is 0.251 e. The van der Waals surface area contributed by atoms with Gasteiger partial charge in [0.15, 0.2) is 0 Å². The third kappa shape index (κ3) is 5.79. The second kappa shape index (κ2) is 10.3. The number of aliphatic hydroxyl groups excluding tert-OH is 1. The number of nitrogens with one attached hydrogen (secondary N) is 2. The highest BCUT2D eigenvalue weighted by Gasteiger charge is 2.22. The number of benzene rings is 3. The zero-order valence-corrected chi connectivity index (χ0v) is 19.1. The summed E-state index contributed by atoms with van der Waals surface area (Å²) in [5.41, 5.74) is 1.67. The van der Waals surface area contributed by atoms with E-state index < -0.39 is 6.10 Å². The molecule has 1 atom stereocenters. The molecule has 3 aromatic rings. The molecule has 1 amide bonds. The Hall–Kier alpha value is -3.29. The molecule has 1 saturated carbocycles. The first-order valence-corrected chi connectivity index (χ1v) is 11.9. The highest BCUT2D eigenvalue weighted by molar-refractivity contribution is 5.98. The lowest BCUT2D eigenvalue weighted by molar-refractivity contribution is 0.0965. The van der Waals surface area contributed by atoms with E-state index in [9.17, 15) is 9.90 Å². The number of carbonyl (C=O) groups is 1. The van der Waals surface area contributed by atoms with Gasteiger partial charge in [0, 0.05) is 25.2 Å². The lowest BCUT2D eigenvalue weighted by Crippen LogP contribution is -2.33. The predicted octanol–water partition coefficient (Wildman–Crippen LogP) is 3.28. The first-order valence-electron chi connectivity index (χ1n) is 11.9. The van der Waals surface area contributed by atoms with Crippen LogP contribution < -0.4 is 24.8 Å². The Bertz CT molecular complexity index is 1160. The summed E-state index contributed by atoms with van der Waals surface area (Å²) in [5.74, 6) is 3.06. The molecular weight excluding hydrogens is 432 g/mol. The lowest BCUT2D eigenvalue weighted by atomic mass is 10.1. The van der Waals surface area contributed by atoms with Crippen molar-refractivity contribution in [3.63, 3.8) is 0 Å². The van der Waals surface area contributed by atoms with Crippen molar-refractivity contribution < 1.29 is 24.1 Å². The van der Waals surface area contributed by atoms with Crippen LogP contribution in [0.5, 0.6) is 17.2 Å². The quantitative estimate of drug-likeness (QED) is 0.358. The number of amides is 1. The Morgan fingerprint density at radius 3 is 2.41 bits per heavy atom. The molecule has 0 saturated heterocycles. The van der Waals surface area contributed by atoms with Crippen LogP contribution in [0.3, 0.4) is 0 Å². The number of carbonyl (C=O) groups excluding carboxylic acids is 1. The fourth-order valence-electron chi connectivity index (χ4n) is 3.94. The third-order valence-corrected chi connectivity index (χ3v) is 6.10. The molecule has 1 aliphatic heterocycles. The van der Waals surface area contributed by atoms with Crippen molar-refractivity contribution in [1.82, 2.24) is 10.6 Å². The van der Waals surface area contributed by atoms with E-state index in [1.54, 1.807) is 12.1 Å². The average Bonchev–Trinajstić information content (AvgIpc) is 3.62. The SMILES string of the molecule is O=C1NCc2cc(OCCNC[C@H](O)COc3ccc4cc(OCC5CC5)ccc4c3)ccc21. The number of hydrogen-bond acceptors (Lipinski definition) is 6. The van der Waals surface area contributed by atoms with Gasteiger partial charge in [-0.3, -0.25) is 4.79 Å². The molecule has 5 rings (SSSR count). The van der Waals surface area contributed by atoms with Crippen LogP contribution >= 0.6 is 0 Å². The van der Waals surface area contributed by atoms with E-state index in [0.717, 1.165) is 46.1 Å². The minimum atomic E-state index is -0.633. The summed E-state index contributed by atoms with van der Waals surface area (Å²) in [4.78, 5) is 11.6. The third-order valence-electron chi connectivity index (χ3n) is 6.10. The number of hydrogen-bond donors (Lipinski definition) is 3. The van der Waals surface area contributed by atoms with Crippen molar-refractivity contribution in [2.24, 2.45) is 5.92 Å². The van der Waals surface area contributed by atoms with Gasteiger partial charge < -0.3 is 30.0 Å². The Balaban J connectivity index is 1.01. The molecule has 0 bridgehead atoms. The van der Waals surface area contributed by atoms with Gasteiger partial charge >= 0.3 is 0 Å². The number of rotatable bonds is 12. The first kappa shape index (κ1) is 22.5. The summed E-state index contributed by atoms with van der Waals surface area (Å²) in [6.07, 6.45) is 1.92. The fourth-order valence-corrected chi connectivity index (χ4v) is 3.94. The molecule has 0 spiro atoms. The van der Waals surface area contributed by atoms with Crippen LogP contribution in [0.15, 0.2) is 54.6 Å². The van der Waals surface area contributed by atoms with E-state index in [4.69, 9.17) is 14.2 Å². The van der Waals surface area contributed by atoms with Gasteiger partial charge in [0.05, 0.1) is 6.61 Å². The maximum Gasteiger partial charge on any atom is 0.251 e. The molecule has 7 nitrogen and oxygen atoms in total. The van der Waals surface area contributed by atoms with Crippen LogP contribution in [-0.2, 0) is 6.54 Å². The summed E-state index contributed by atoms with van der Waals surface area (Å²) >= 11 is 0. The molecule has 0 aromatic heterocycles. The normalized spacial score (nSPS) is 15.6. The van der Waals surface area contributed by atoms with Crippen molar-refractivity contribution in [2.45, 2.75) is 25.5 Å². The van der Waals surface area contributed by atoms with Crippen LogP contribution in [0.2, 0.25) is 0 Å². The second-order valence-electron chi connectivity index (χ2n) is 8.94. The molecular formula is C27H30N2O5. The highest BCUT2D eigenvalue weighted by atomic mass is 16.5. The van der Waals surface area contributed by atoms with Crippen molar-refractivity contribution in [3.05, 3.63) is 65.7 Å². The molecule has 34 heavy (non-hydrogen) atoms.